The number of benzene rings is 2. The van der Waals surface area contributed by atoms with E-state index in [9.17, 15) is 13.2 Å². The zero-order chi connectivity index (χ0) is 19.3. The van der Waals surface area contributed by atoms with Gasteiger partial charge in [-0.15, -0.1) is 0 Å². The van der Waals surface area contributed by atoms with Gasteiger partial charge in [0.25, 0.3) is 5.91 Å². The van der Waals surface area contributed by atoms with Crippen LogP contribution in [-0.2, 0) is 9.84 Å². The molecular formula is C18H20ClNO5S. The number of ether oxygens (including phenoxy) is 2. The molecule has 0 spiro atoms. The Kier molecular flexibility index (Phi) is 6.50. The largest absolute Gasteiger partial charge is 0.494 e. The maximum absolute atomic E-state index is 12.7. The number of halogens is 1. The number of rotatable bonds is 7. The van der Waals surface area contributed by atoms with Crippen LogP contribution in [0.4, 0.5) is 5.69 Å². The predicted molar refractivity (Wildman–Crippen MR) is 101 cm³/mol. The van der Waals surface area contributed by atoms with E-state index in [4.69, 9.17) is 21.1 Å². The van der Waals surface area contributed by atoms with Gasteiger partial charge >= 0.3 is 0 Å². The van der Waals surface area contributed by atoms with Gasteiger partial charge in [-0.3, -0.25) is 4.79 Å². The van der Waals surface area contributed by atoms with Gasteiger partial charge in [0.05, 0.1) is 34.4 Å². The lowest BCUT2D eigenvalue weighted by Crippen LogP contribution is -2.14. The number of carbonyl (C=O) groups is 1. The topological polar surface area (TPSA) is 81.7 Å². The molecule has 0 fully saturated rings. The minimum atomic E-state index is -3.46. The van der Waals surface area contributed by atoms with E-state index in [0.717, 1.165) is 6.26 Å². The van der Waals surface area contributed by atoms with Crippen molar-refractivity contribution in [1.29, 1.82) is 0 Å². The van der Waals surface area contributed by atoms with Crippen LogP contribution < -0.4 is 14.8 Å². The van der Waals surface area contributed by atoms with E-state index in [0.29, 0.717) is 30.4 Å². The SMILES string of the molecule is CCOc1ccc(OCC)c(NC(=O)c2cc(S(C)(=O)=O)ccc2Cl)c1. The summed E-state index contributed by atoms with van der Waals surface area (Å²) in [6.45, 7) is 4.57. The molecule has 1 amide bonds. The molecule has 0 aliphatic heterocycles. The molecular weight excluding hydrogens is 378 g/mol. The molecule has 0 aromatic heterocycles. The minimum Gasteiger partial charge on any atom is -0.494 e. The van der Waals surface area contributed by atoms with Crippen LogP contribution in [-0.4, -0.2) is 33.8 Å². The molecule has 0 saturated heterocycles. The lowest BCUT2D eigenvalue weighted by molar-refractivity contribution is 0.102. The summed E-state index contributed by atoms with van der Waals surface area (Å²) in [5.74, 6) is 0.497. The summed E-state index contributed by atoms with van der Waals surface area (Å²) in [7, 11) is -3.46. The Balaban J connectivity index is 2.39. The molecule has 2 rings (SSSR count). The smallest absolute Gasteiger partial charge is 0.257 e. The van der Waals surface area contributed by atoms with Crippen molar-refractivity contribution in [2.75, 3.05) is 24.8 Å². The van der Waals surface area contributed by atoms with E-state index >= 15 is 0 Å². The molecule has 6 nitrogen and oxygen atoms in total. The highest BCUT2D eigenvalue weighted by molar-refractivity contribution is 7.90. The van der Waals surface area contributed by atoms with Gasteiger partial charge in [0, 0.05) is 12.3 Å². The van der Waals surface area contributed by atoms with Crippen LogP contribution in [0.1, 0.15) is 24.2 Å². The molecule has 0 unspecified atom stereocenters. The number of carbonyl (C=O) groups excluding carboxylic acids is 1. The van der Waals surface area contributed by atoms with Crippen LogP contribution in [0.3, 0.4) is 0 Å². The van der Waals surface area contributed by atoms with Crippen molar-refractivity contribution in [3.8, 4) is 11.5 Å². The van der Waals surface area contributed by atoms with Crippen LogP contribution in [0.2, 0.25) is 5.02 Å². The average Bonchev–Trinajstić information content (AvgIpc) is 2.57. The maximum Gasteiger partial charge on any atom is 0.257 e. The number of amides is 1. The van der Waals surface area contributed by atoms with Crippen molar-refractivity contribution in [2.24, 2.45) is 0 Å². The fraction of sp³-hybridized carbons (Fsp3) is 0.278. The van der Waals surface area contributed by atoms with Crippen molar-refractivity contribution >= 4 is 33.0 Å². The zero-order valence-electron chi connectivity index (χ0n) is 14.7. The molecule has 26 heavy (non-hydrogen) atoms. The average molecular weight is 398 g/mol. The Hall–Kier alpha value is -2.25. The normalized spacial score (nSPS) is 11.1. The molecule has 0 bridgehead atoms. The van der Waals surface area contributed by atoms with Gasteiger partial charge in [0.15, 0.2) is 9.84 Å². The molecule has 0 saturated carbocycles. The second kappa shape index (κ2) is 8.42. The minimum absolute atomic E-state index is 0.0140. The lowest BCUT2D eigenvalue weighted by atomic mass is 10.2. The summed E-state index contributed by atoms with van der Waals surface area (Å²) in [4.78, 5) is 12.7. The Labute approximate surface area is 158 Å². The Bertz CT molecular complexity index is 912. The van der Waals surface area contributed by atoms with Crippen molar-refractivity contribution in [2.45, 2.75) is 18.7 Å². The van der Waals surface area contributed by atoms with Crippen LogP contribution in [0.15, 0.2) is 41.3 Å². The van der Waals surface area contributed by atoms with Crippen LogP contribution in [0.5, 0.6) is 11.5 Å². The highest BCUT2D eigenvalue weighted by Crippen LogP contribution is 2.31. The molecule has 2 aromatic rings. The first-order valence-corrected chi connectivity index (χ1v) is 10.2. The van der Waals surface area contributed by atoms with E-state index in [1.54, 1.807) is 18.2 Å². The molecule has 0 radical (unpaired) electrons. The zero-order valence-corrected chi connectivity index (χ0v) is 16.3. The first kappa shape index (κ1) is 20.1. The molecule has 140 valence electrons. The third-order valence-corrected chi connectivity index (χ3v) is 4.86. The van der Waals surface area contributed by atoms with Gasteiger partial charge in [-0.2, -0.15) is 0 Å². The van der Waals surface area contributed by atoms with E-state index in [2.05, 4.69) is 5.32 Å². The fourth-order valence-corrected chi connectivity index (χ4v) is 3.09. The summed E-state index contributed by atoms with van der Waals surface area (Å²) < 4.78 is 34.4. The monoisotopic (exact) mass is 397 g/mol. The van der Waals surface area contributed by atoms with E-state index < -0.39 is 15.7 Å². The standard InChI is InChI=1S/C18H20ClNO5S/c1-4-24-12-6-9-17(25-5-2)16(10-12)20-18(21)14-11-13(26(3,22)23)7-8-15(14)19/h6-11H,4-5H2,1-3H3,(H,20,21). The third kappa shape index (κ3) is 4.89. The second-order valence-electron chi connectivity index (χ2n) is 5.39. The van der Waals surface area contributed by atoms with Crippen molar-refractivity contribution in [3.05, 3.63) is 47.0 Å². The van der Waals surface area contributed by atoms with Crippen molar-refractivity contribution in [3.63, 3.8) is 0 Å². The van der Waals surface area contributed by atoms with Gasteiger partial charge in [-0.1, -0.05) is 11.6 Å². The first-order chi connectivity index (χ1) is 12.3. The van der Waals surface area contributed by atoms with Gasteiger partial charge < -0.3 is 14.8 Å². The maximum atomic E-state index is 12.7. The molecule has 1 N–H and O–H groups in total. The van der Waals surface area contributed by atoms with Gasteiger partial charge in [-0.25, -0.2) is 8.42 Å². The van der Waals surface area contributed by atoms with Crippen LogP contribution in [0, 0.1) is 0 Å². The summed E-state index contributed by atoms with van der Waals surface area (Å²) >= 11 is 6.08. The number of anilines is 1. The molecule has 0 heterocycles. The van der Waals surface area contributed by atoms with E-state index in [-0.39, 0.29) is 15.5 Å². The Morgan fingerprint density at radius 1 is 1.08 bits per heavy atom. The van der Waals surface area contributed by atoms with E-state index in [1.807, 2.05) is 13.8 Å². The number of sulfone groups is 1. The summed E-state index contributed by atoms with van der Waals surface area (Å²) in [5, 5.41) is 2.85. The molecule has 0 aliphatic rings. The molecule has 8 heteroatoms. The summed E-state index contributed by atoms with van der Waals surface area (Å²) in [6.07, 6.45) is 1.07. The first-order valence-electron chi connectivity index (χ1n) is 7.96. The van der Waals surface area contributed by atoms with Crippen LogP contribution in [0.25, 0.3) is 0 Å². The molecule has 0 atom stereocenters. The summed E-state index contributed by atoms with van der Waals surface area (Å²) in [5.41, 5.74) is 0.461. The van der Waals surface area contributed by atoms with E-state index in [1.165, 1.54) is 18.2 Å². The highest BCUT2D eigenvalue weighted by Gasteiger charge is 2.17. The quantitative estimate of drug-likeness (QED) is 0.768. The van der Waals surface area contributed by atoms with Gasteiger partial charge in [0.2, 0.25) is 0 Å². The Morgan fingerprint density at radius 2 is 1.77 bits per heavy atom. The fourth-order valence-electron chi connectivity index (χ4n) is 2.24. The number of hydrogen-bond donors (Lipinski definition) is 1. The van der Waals surface area contributed by atoms with Gasteiger partial charge in [0.1, 0.15) is 11.5 Å². The van der Waals surface area contributed by atoms with Gasteiger partial charge in [-0.05, 0) is 44.2 Å². The predicted octanol–water partition coefficient (Wildman–Crippen LogP) is 3.79. The molecule has 0 aliphatic carbocycles. The van der Waals surface area contributed by atoms with Crippen LogP contribution >= 0.6 is 11.6 Å². The number of hydrogen-bond acceptors (Lipinski definition) is 5. The second-order valence-corrected chi connectivity index (χ2v) is 7.81. The highest BCUT2D eigenvalue weighted by atomic mass is 35.5. The third-order valence-electron chi connectivity index (χ3n) is 3.42. The molecule has 2 aromatic carbocycles. The van der Waals surface area contributed by atoms with Crippen molar-refractivity contribution in [1.82, 2.24) is 0 Å². The Morgan fingerprint density at radius 3 is 2.38 bits per heavy atom. The summed E-state index contributed by atoms with van der Waals surface area (Å²) in [6, 6.07) is 9.06. The lowest BCUT2D eigenvalue weighted by Gasteiger charge is -2.14. The van der Waals surface area contributed by atoms with Crippen molar-refractivity contribution < 1.29 is 22.7 Å². The number of nitrogens with one attached hydrogen (secondary N) is 1.